The van der Waals surface area contributed by atoms with Crippen molar-refractivity contribution in [3.8, 4) is 0 Å². The number of carbonyl (C=O) groups is 2. The van der Waals surface area contributed by atoms with Gasteiger partial charge in [0.25, 0.3) is 0 Å². The van der Waals surface area contributed by atoms with Crippen LogP contribution in [0.5, 0.6) is 0 Å². The van der Waals surface area contributed by atoms with Gasteiger partial charge in [-0.2, -0.15) is 0 Å². The molecule has 2 atom stereocenters. The number of urea groups is 1. The summed E-state index contributed by atoms with van der Waals surface area (Å²) in [5, 5.41) is 0. The monoisotopic (exact) mass is 253 g/mol. The van der Waals surface area contributed by atoms with Gasteiger partial charge in [0.15, 0.2) is 0 Å². The Balaban J connectivity index is 1.86. The minimum atomic E-state index is -0.545. The first-order valence-electron chi connectivity index (χ1n) is 6.86. The van der Waals surface area contributed by atoms with Crippen LogP contribution in [0.15, 0.2) is 0 Å². The Labute approximate surface area is 108 Å². The maximum atomic E-state index is 12.1. The number of fused-ring (bicyclic) bond motifs is 1. The van der Waals surface area contributed by atoms with Gasteiger partial charge in [0, 0.05) is 20.1 Å². The first-order valence-corrected chi connectivity index (χ1v) is 6.86. The molecule has 18 heavy (non-hydrogen) atoms. The van der Waals surface area contributed by atoms with Gasteiger partial charge in [-0.05, 0) is 24.7 Å². The van der Waals surface area contributed by atoms with Crippen molar-refractivity contribution in [3.63, 3.8) is 0 Å². The summed E-state index contributed by atoms with van der Waals surface area (Å²) in [5.41, 5.74) is 5.14. The first-order chi connectivity index (χ1) is 8.58. The van der Waals surface area contributed by atoms with E-state index in [-0.39, 0.29) is 12.5 Å². The largest absolute Gasteiger partial charge is 0.351 e. The Morgan fingerprint density at radius 3 is 2.56 bits per heavy atom. The minimum absolute atomic E-state index is 0.0281. The molecule has 0 aromatic heterocycles. The summed E-state index contributed by atoms with van der Waals surface area (Å²) in [5.74, 6) is 1.52. The molecule has 5 heteroatoms. The highest BCUT2D eigenvalue weighted by Crippen LogP contribution is 2.35. The predicted octanol–water partition coefficient (Wildman–Crippen LogP) is 1.04. The summed E-state index contributed by atoms with van der Waals surface area (Å²) in [6.45, 7) is 1.81. The van der Waals surface area contributed by atoms with Crippen LogP contribution in [-0.2, 0) is 4.79 Å². The number of nitrogens with zero attached hydrogens (tertiary/aromatic N) is 2. The van der Waals surface area contributed by atoms with E-state index in [1.807, 2.05) is 4.90 Å². The third-order valence-electron chi connectivity index (χ3n) is 4.39. The molecule has 0 spiro atoms. The molecular weight excluding hydrogens is 230 g/mol. The Hall–Kier alpha value is -1.26. The van der Waals surface area contributed by atoms with Gasteiger partial charge < -0.3 is 15.5 Å². The smallest absolute Gasteiger partial charge is 0.314 e. The SMILES string of the molecule is CN(CC(=O)N1CC[C@H]2CCCC[C@H]2C1)C(N)=O. The molecule has 102 valence electrons. The van der Waals surface area contributed by atoms with E-state index in [1.54, 1.807) is 7.05 Å². The summed E-state index contributed by atoms with van der Waals surface area (Å²) in [6, 6.07) is -0.545. The third-order valence-corrected chi connectivity index (χ3v) is 4.39. The zero-order valence-electron chi connectivity index (χ0n) is 11.1. The van der Waals surface area contributed by atoms with Crippen molar-refractivity contribution in [3.05, 3.63) is 0 Å². The zero-order chi connectivity index (χ0) is 13.1. The lowest BCUT2D eigenvalue weighted by Gasteiger charge is -2.41. The lowest BCUT2D eigenvalue weighted by molar-refractivity contribution is -0.134. The van der Waals surface area contributed by atoms with Crippen molar-refractivity contribution in [2.75, 3.05) is 26.7 Å². The Morgan fingerprint density at radius 2 is 1.89 bits per heavy atom. The van der Waals surface area contributed by atoms with Crippen LogP contribution in [0.1, 0.15) is 32.1 Å². The van der Waals surface area contributed by atoms with E-state index in [0.29, 0.717) is 5.92 Å². The van der Waals surface area contributed by atoms with Crippen LogP contribution in [0.2, 0.25) is 0 Å². The van der Waals surface area contributed by atoms with Crippen LogP contribution >= 0.6 is 0 Å². The van der Waals surface area contributed by atoms with Crippen LogP contribution in [0.4, 0.5) is 4.79 Å². The van der Waals surface area contributed by atoms with Gasteiger partial charge in [-0.1, -0.05) is 19.3 Å². The molecule has 0 bridgehead atoms. The van der Waals surface area contributed by atoms with Gasteiger partial charge in [0.05, 0.1) is 0 Å². The molecule has 5 nitrogen and oxygen atoms in total. The van der Waals surface area contributed by atoms with Gasteiger partial charge >= 0.3 is 6.03 Å². The number of primary amides is 1. The third kappa shape index (κ3) is 2.94. The first kappa shape index (κ1) is 13.2. The molecule has 1 aliphatic carbocycles. The molecule has 0 radical (unpaired) electrons. The predicted molar refractivity (Wildman–Crippen MR) is 68.9 cm³/mol. The highest BCUT2D eigenvalue weighted by atomic mass is 16.2. The van der Waals surface area contributed by atoms with E-state index in [9.17, 15) is 9.59 Å². The highest BCUT2D eigenvalue weighted by Gasteiger charge is 2.33. The summed E-state index contributed by atoms with van der Waals surface area (Å²) < 4.78 is 0. The van der Waals surface area contributed by atoms with E-state index in [2.05, 4.69) is 0 Å². The molecular formula is C13H23N3O2. The average molecular weight is 253 g/mol. The van der Waals surface area contributed by atoms with Gasteiger partial charge in [0.1, 0.15) is 6.54 Å². The second-order valence-corrected chi connectivity index (χ2v) is 5.63. The fourth-order valence-electron chi connectivity index (χ4n) is 3.21. The number of amides is 3. The van der Waals surface area contributed by atoms with Crippen molar-refractivity contribution < 1.29 is 9.59 Å². The lowest BCUT2D eigenvalue weighted by atomic mass is 9.75. The number of carbonyl (C=O) groups excluding carboxylic acids is 2. The summed E-state index contributed by atoms with van der Waals surface area (Å²) >= 11 is 0. The molecule has 1 heterocycles. The van der Waals surface area contributed by atoms with E-state index < -0.39 is 6.03 Å². The maximum Gasteiger partial charge on any atom is 0.314 e. The van der Waals surface area contributed by atoms with Crippen molar-refractivity contribution in [1.82, 2.24) is 9.80 Å². The maximum absolute atomic E-state index is 12.1. The van der Waals surface area contributed by atoms with Crippen LogP contribution < -0.4 is 5.73 Å². The lowest BCUT2D eigenvalue weighted by Crippen LogP contribution is -2.49. The van der Waals surface area contributed by atoms with Gasteiger partial charge in [-0.3, -0.25) is 4.79 Å². The molecule has 0 unspecified atom stereocenters. The minimum Gasteiger partial charge on any atom is -0.351 e. The number of likely N-dealkylation sites (tertiary alicyclic amines) is 1. The Kier molecular flexibility index (Phi) is 4.09. The van der Waals surface area contributed by atoms with Crippen LogP contribution in [0.25, 0.3) is 0 Å². The average Bonchev–Trinajstić information content (AvgIpc) is 2.37. The van der Waals surface area contributed by atoms with E-state index >= 15 is 0 Å². The number of hydrogen-bond acceptors (Lipinski definition) is 2. The van der Waals surface area contributed by atoms with E-state index in [4.69, 9.17) is 5.73 Å². The summed E-state index contributed by atoms with van der Waals surface area (Å²) in [6.07, 6.45) is 6.34. The van der Waals surface area contributed by atoms with E-state index in [1.165, 1.54) is 30.6 Å². The Morgan fingerprint density at radius 1 is 1.22 bits per heavy atom. The Bertz CT molecular complexity index is 332. The molecule has 0 aromatic rings. The van der Waals surface area contributed by atoms with Crippen molar-refractivity contribution in [2.45, 2.75) is 32.1 Å². The molecule has 2 fully saturated rings. The topological polar surface area (TPSA) is 66.6 Å². The number of rotatable bonds is 2. The number of nitrogens with two attached hydrogens (primary N) is 1. The van der Waals surface area contributed by atoms with Crippen LogP contribution in [0, 0.1) is 11.8 Å². The van der Waals surface area contributed by atoms with Crippen LogP contribution in [-0.4, -0.2) is 48.4 Å². The molecule has 2 N–H and O–H groups in total. The summed E-state index contributed by atoms with van der Waals surface area (Å²) in [4.78, 5) is 26.2. The zero-order valence-corrected chi connectivity index (χ0v) is 11.1. The molecule has 2 aliphatic rings. The second kappa shape index (κ2) is 5.59. The molecule has 0 aromatic carbocycles. The highest BCUT2D eigenvalue weighted by molar-refractivity contribution is 5.83. The molecule has 3 amide bonds. The molecule has 2 rings (SSSR count). The van der Waals surface area contributed by atoms with Crippen molar-refractivity contribution in [1.29, 1.82) is 0 Å². The van der Waals surface area contributed by atoms with Crippen LogP contribution in [0.3, 0.4) is 0 Å². The molecule has 1 saturated heterocycles. The second-order valence-electron chi connectivity index (χ2n) is 5.63. The van der Waals surface area contributed by atoms with Crippen molar-refractivity contribution in [2.24, 2.45) is 17.6 Å². The molecule has 1 aliphatic heterocycles. The van der Waals surface area contributed by atoms with Gasteiger partial charge in [-0.15, -0.1) is 0 Å². The van der Waals surface area contributed by atoms with E-state index in [0.717, 1.165) is 25.4 Å². The summed E-state index contributed by atoms with van der Waals surface area (Å²) in [7, 11) is 1.56. The number of hydrogen-bond donors (Lipinski definition) is 1. The van der Waals surface area contributed by atoms with Gasteiger partial charge in [0.2, 0.25) is 5.91 Å². The normalized spacial score (nSPS) is 27.5. The standard InChI is InChI=1S/C13H23N3O2/c1-15(13(14)18)9-12(17)16-7-6-10-4-2-3-5-11(10)8-16/h10-11H,2-9H2,1H3,(H2,14,18)/t10-,11+/m1/s1. The molecule has 1 saturated carbocycles. The van der Waals surface area contributed by atoms with Gasteiger partial charge in [-0.25, -0.2) is 4.79 Å². The fourth-order valence-corrected chi connectivity index (χ4v) is 3.21. The quantitative estimate of drug-likeness (QED) is 0.799. The number of likely N-dealkylation sites (N-methyl/N-ethyl adjacent to an activating group) is 1. The van der Waals surface area contributed by atoms with Crippen molar-refractivity contribution >= 4 is 11.9 Å². The fraction of sp³-hybridized carbons (Fsp3) is 0.846. The number of piperidine rings is 1.